The Morgan fingerprint density at radius 1 is 0.481 bits per heavy atom. The Kier molecular flexibility index (Phi) is 12.2. The summed E-state index contributed by atoms with van der Waals surface area (Å²) in [6.45, 7) is 11.7. The molecule has 0 N–H and O–H groups in total. The molecule has 0 aliphatic carbocycles. The first-order valence-corrected chi connectivity index (χ1v) is 18.0. The molecule has 6 nitrogen and oxygen atoms in total. The van der Waals surface area contributed by atoms with E-state index in [0.29, 0.717) is 26.1 Å². The maximum atomic E-state index is 11.5. The normalized spacial score (nSPS) is 10.6. The van der Waals surface area contributed by atoms with Gasteiger partial charge in [0.25, 0.3) is 0 Å². The van der Waals surface area contributed by atoms with Crippen LogP contribution in [0.15, 0.2) is 171 Å². The summed E-state index contributed by atoms with van der Waals surface area (Å²) < 4.78 is 10.3. The summed E-state index contributed by atoms with van der Waals surface area (Å²) in [5.74, 6) is -0.822. The molecule has 0 spiro atoms. The van der Waals surface area contributed by atoms with E-state index < -0.39 is 11.9 Å². The SMILES string of the molecule is C=CC(=O)OCCc1ccc(N(c2ccc(-c3ccc(N(c4ccc(CCOC(=O)C=C)cc4)c4cccc(C)c4)cc3)cc2)c2cccc(C)c2)cc1. The molecule has 0 bridgehead atoms. The molecular formula is C48H44N2O4. The summed E-state index contributed by atoms with van der Waals surface area (Å²) in [5.41, 5.74) is 13.0. The van der Waals surface area contributed by atoms with Gasteiger partial charge in [0.2, 0.25) is 0 Å². The lowest BCUT2D eigenvalue weighted by Gasteiger charge is -2.27. The molecule has 6 rings (SSSR count). The number of hydrogen-bond acceptors (Lipinski definition) is 6. The Morgan fingerprint density at radius 3 is 1.13 bits per heavy atom. The van der Waals surface area contributed by atoms with Crippen LogP contribution in [0.1, 0.15) is 22.3 Å². The van der Waals surface area contributed by atoms with Crippen molar-refractivity contribution in [1.82, 2.24) is 0 Å². The molecule has 0 aliphatic heterocycles. The first-order chi connectivity index (χ1) is 26.3. The monoisotopic (exact) mass is 712 g/mol. The molecule has 6 heteroatoms. The van der Waals surface area contributed by atoms with Crippen LogP contribution in [0.3, 0.4) is 0 Å². The predicted octanol–water partition coefficient (Wildman–Crippen LogP) is 11.5. The van der Waals surface area contributed by atoms with Crippen LogP contribution in [-0.2, 0) is 31.9 Å². The average molecular weight is 713 g/mol. The Balaban J connectivity index is 1.24. The molecule has 6 aromatic rings. The van der Waals surface area contributed by atoms with E-state index in [1.54, 1.807) is 0 Å². The second-order valence-electron chi connectivity index (χ2n) is 13.0. The van der Waals surface area contributed by atoms with Crippen LogP contribution in [0.25, 0.3) is 11.1 Å². The van der Waals surface area contributed by atoms with Crippen molar-refractivity contribution in [3.8, 4) is 11.1 Å². The Labute approximate surface area is 318 Å². The molecule has 0 radical (unpaired) electrons. The molecule has 0 heterocycles. The number of ether oxygens (including phenoxy) is 2. The predicted molar refractivity (Wildman–Crippen MR) is 220 cm³/mol. The summed E-state index contributed by atoms with van der Waals surface area (Å²) in [7, 11) is 0. The number of anilines is 6. The highest BCUT2D eigenvalue weighted by Gasteiger charge is 2.15. The average Bonchev–Trinajstić information content (AvgIpc) is 3.20. The molecular weight excluding hydrogens is 669 g/mol. The number of hydrogen-bond donors (Lipinski definition) is 0. The number of rotatable bonds is 15. The molecule has 0 aliphatic rings. The van der Waals surface area contributed by atoms with Crippen molar-refractivity contribution in [3.63, 3.8) is 0 Å². The van der Waals surface area contributed by atoms with Crippen molar-refractivity contribution in [2.24, 2.45) is 0 Å². The fourth-order valence-electron chi connectivity index (χ4n) is 6.31. The van der Waals surface area contributed by atoms with Crippen molar-refractivity contribution in [2.75, 3.05) is 23.0 Å². The van der Waals surface area contributed by atoms with Gasteiger partial charge in [0.1, 0.15) is 0 Å². The third-order valence-corrected chi connectivity index (χ3v) is 9.10. The summed E-state index contributed by atoms with van der Waals surface area (Å²) in [4.78, 5) is 27.4. The fraction of sp³-hybridized carbons (Fsp3) is 0.125. The lowest BCUT2D eigenvalue weighted by Crippen LogP contribution is -2.10. The summed E-state index contributed by atoms with van der Waals surface area (Å²) in [5, 5.41) is 0. The molecule has 0 aromatic heterocycles. The molecule has 0 amide bonds. The molecule has 6 aromatic carbocycles. The molecule has 0 saturated heterocycles. The number of nitrogens with zero attached hydrogens (tertiary/aromatic N) is 2. The van der Waals surface area contributed by atoms with E-state index in [1.165, 1.54) is 23.3 Å². The highest BCUT2D eigenvalue weighted by molar-refractivity contribution is 5.82. The van der Waals surface area contributed by atoms with E-state index in [9.17, 15) is 9.59 Å². The zero-order chi connectivity index (χ0) is 37.9. The number of carbonyl (C=O) groups excluding carboxylic acids is 2. The molecule has 0 saturated carbocycles. The Hall–Kier alpha value is -6.66. The third-order valence-electron chi connectivity index (χ3n) is 9.10. The maximum absolute atomic E-state index is 11.5. The maximum Gasteiger partial charge on any atom is 0.330 e. The molecule has 0 fully saturated rings. The second kappa shape index (κ2) is 17.7. The van der Waals surface area contributed by atoms with E-state index in [0.717, 1.165) is 56.4 Å². The van der Waals surface area contributed by atoms with Gasteiger partial charge in [-0.25, -0.2) is 9.59 Å². The van der Waals surface area contributed by atoms with Gasteiger partial charge in [0, 0.05) is 59.1 Å². The van der Waals surface area contributed by atoms with Crippen LogP contribution in [0.5, 0.6) is 0 Å². The van der Waals surface area contributed by atoms with E-state index in [4.69, 9.17) is 9.47 Å². The standard InChI is InChI=1S/C48H44N2O4/c1-5-47(51)53-31-29-37-13-21-41(22-14-37)49(45-11-7-9-35(3)33-45)43-25-17-39(18-26-43)40-19-27-44(28-20-40)50(46-12-8-10-36(4)34-46)42-23-15-38(16-24-42)30-32-54-48(52)6-2/h5-28,33-34H,1-2,29-32H2,3-4H3. The molecule has 0 unspecified atom stereocenters. The smallest absolute Gasteiger partial charge is 0.330 e. The number of carbonyl (C=O) groups is 2. The quantitative estimate of drug-likeness (QED) is 0.0780. The highest BCUT2D eigenvalue weighted by Crippen LogP contribution is 2.38. The van der Waals surface area contributed by atoms with Gasteiger partial charge in [0.05, 0.1) is 13.2 Å². The van der Waals surface area contributed by atoms with E-state index >= 15 is 0 Å². The van der Waals surface area contributed by atoms with Gasteiger partial charge < -0.3 is 19.3 Å². The minimum atomic E-state index is -0.411. The van der Waals surface area contributed by atoms with E-state index in [2.05, 4.69) is 182 Å². The Bertz CT molecular complexity index is 2050. The van der Waals surface area contributed by atoms with Crippen LogP contribution in [0.4, 0.5) is 34.1 Å². The second-order valence-corrected chi connectivity index (χ2v) is 13.0. The van der Waals surface area contributed by atoms with E-state index in [-0.39, 0.29) is 0 Å². The minimum absolute atomic E-state index is 0.309. The first kappa shape index (κ1) is 37.1. The topological polar surface area (TPSA) is 59.1 Å². The highest BCUT2D eigenvalue weighted by atomic mass is 16.5. The largest absolute Gasteiger partial charge is 0.462 e. The van der Waals surface area contributed by atoms with Crippen molar-refractivity contribution in [1.29, 1.82) is 0 Å². The van der Waals surface area contributed by atoms with Gasteiger partial charge in [-0.05, 0) is 120 Å². The third kappa shape index (κ3) is 9.41. The number of aryl methyl sites for hydroxylation is 2. The minimum Gasteiger partial charge on any atom is -0.462 e. The van der Waals surface area contributed by atoms with Gasteiger partial charge in [0.15, 0.2) is 0 Å². The first-order valence-electron chi connectivity index (χ1n) is 18.0. The van der Waals surface area contributed by atoms with Crippen LogP contribution in [-0.4, -0.2) is 25.2 Å². The van der Waals surface area contributed by atoms with Crippen LogP contribution >= 0.6 is 0 Å². The summed E-state index contributed by atoms with van der Waals surface area (Å²) in [6.07, 6.45) is 3.62. The van der Waals surface area contributed by atoms with Gasteiger partial charge >= 0.3 is 11.9 Å². The van der Waals surface area contributed by atoms with Gasteiger partial charge in [-0.15, -0.1) is 0 Å². The van der Waals surface area contributed by atoms with E-state index in [1.807, 2.05) is 0 Å². The number of esters is 2. The molecule has 0 atom stereocenters. The zero-order valence-corrected chi connectivity index (χ0v) is 30.8. The van der Waals surface area contributed by atoms with Crippen molar-refractivity contribution < 1.29 is 19.1 Å². The molecule has 270 valence electrons. The van der Waals surface area contributed by atoms with Crippen LogP contribution in [0.2, 0.25) is 0 Å². The lowest BCUT2D eigenvalue weighted by molar-refractivity contribution is -0.138. The number of benzene rings is 6. The van der Waals surface area contributed by atoms with Gasteiger partial charge in [-0.1, -0.05) is 86.0 Å². The van der Waals surface area contributed by atoms with Crippen LogP contribution in [0, 0.1) is 13.8 Å². The zero-order valence-electron chi connectivity index (χ0n) is 30.8. The van der Waals surface area contributed by atoms with Crippen molar-refractivity contribution in [3.05, 3.63) is 193 Å². The van der Waals surface area contributed by atoms with Crippen LogP contribution < -0.4 is 9.80 Å². The van der Waals surface area contributed by atoms with Crippen molar-refractivity contribution in [2.45, 2.75) is 26.7 Å². The van der Waals surface area contributed by atoms with Gasteiger partial charge in [-0.2, -0.15) is 0 Å². The summed E-state index contributed by atoms with van der Waals surface area (Å²) in [6, 6.07) is 51.0. The summed E-state index contributed by atoms with van der Waals surface area (Å²) >= 11 is 0. The lowest BCUT2D eigenvalue weighted by atomic mass is 10.0. The van der Waals surface area contributed by atoms with Crippen molar-refractivity contribution >= 4 is 46.1 Å². The fourth-order valence-corrected chi connectivity index (χ4v) is 6.31. The van der Waals surface area contributed by atoms with Gasteiger partial charge in [-0.3, -0.25) is 0 Å². The molecule has 54 heavy (non-hydrogen) atoms. The Morgan fingerprint density at radius 2 is 0.815 bits per heavy atom.